The zero-order valence-electron chi connectivity index (χ0n) is 28.7. The number of fused-ring (bicyclic) bond motifs is 10. The SMILES string of the molecule is c1ccc(-c2nc(-c3ccccc3)nc(-c3cccc(-n4c5ccccc5c5cc6c7cccc8c9nc%10ccccc%10nc9n(c6cc54)c78)c3)n2)cc1. The van der Waals surface area contributed by atoms with Crippen LogP contribution in [0.4, 0.5) is 0 Å². The van der Waals surface area contributed by atoms with Crippen molar-refractivity contribution in [1.82, 2.24) is 33.9 Å². The van der Waals surface area contributed by atoms with E-state index >= 15 is 0 Å². The molecular formula is C47H27N7. The minimum Gasteiger partial charge on any atom is -0.309 e. The van der Waals surface area contributed by atoms with E-state index in [0.29, 0.717) is 17.5 Å². The molecule has 54 heavy (non-hydrogen) atoms. The van der Waals surface area contributed by atoms with Gasteiger partial charge in [0, 0.05) is 49.3 Å². The fraction of sp³-hybridized carbons (Fsp3) is 0. The average molecular weight is 690 g/mol. The van der Waals surface area contributed by atoms with Gasteiger partial charge in [0.2, 0.25) is 0 Å². The van der Waals surface area contributed by atoms with Gasteiger partial charge in [0.05, 0.1) is 33.1 Å². The molecule has 0 aliphatic heterocycles. The van der Waals surface area contributed by atoms with Crippen molar-refractivity contribution in [2.45, 2.75) is 0 Å². The first-order valence-electron chi connectivity index (χ1n) is 18.0. The van der Waals surface area contributed by atoms with Crippen LogP contribution in [0, 0.1) is 0 Å². The van der Waals surface area contributed by atoms with Gasteiger partial charge in [-0.2, -0.15) is 0 Å². The van der Waals surface area contributed by atoms with Gasteiger partial charge in [0.15, 0.2) is 23.1 Å². The lowest BCUT2D eigenvalue weighted by Gasteiger charge is -2.11. The summed E-state index contributed by atoms with van der Waals surface area (Å²) >= 11 is 0. The second kappa shape index (κ2) is 11.0. The second-order valence-corrected chi connectivity index (χ2v) is 13.7. The Morgan fingerprint density at radius 2 is 0.926 bits per heavy atom. The maximum atomic E-state index is 5.20. The first-order chi connectivity index (χ1) is 26.8. The van der Waals surface area contributed by atoms with Gasteiger partial charge in [0.1, 0.15) is 5.52 Å². The molecule has 0 unspecified atom stereocenters. The van der Waals surface area contributed by atoms with Crippen molar-refractivity contribution in [3.8, 4) is 39.9 Å². The van der Waals surface area contributed by atoms with Crippen LogP contribution in [0.2, 0.25) is 0 Å². The van der Waals surface area contributed by atoms with Crippen molar-refractivity contribution in [3.05, 3.63) is 164 Å². The Balaban J connectivity index is 1.12. The number of hydrogen-bond acceptors (Lipinski definition) is 5. The van der Waals surface area contributed by atoms with Crippen molar-refractivity contribution in [2.75, 3.05) is 0 Å². The van der Waals surface area contributed by atoms with Crippen molar-refractivity contribution in [2.24, 2.45) is 0 Å². The lowest BCUT2D eigenvalue weighted by Crippen LogP contribution is -2.01. The zero-order valence-corrected chi connectivity index (χ0v) is 28.7. The van der Waals surface area contributed by atoms with E-state index in [0.717, 1.165) is 72.0 Å². The lowest BCUT2D eigenvalue weighted by molar-refractivity contribution is 1.07. The fourth-order valence-electron chi connectivity index (χ4n) is 8.27. The summed E-state index contributed by atoms with van der Waals surface area (Å²) in [5.41, 5.74) is 11.9. The molecule has 0 saturated carbocycles. The third kappa shape index (κ3) is 4.14. The van der Waals surface area contributed by atoms with Gasteiger partial charge >= 0.3 is 0 Å². The predicted octanol–water partition coefficient (Wildman–Crippen LogP) is 11.1. The van der Waals surface area contributed by atoms with Crippen LogP contribution in [0.5, 0.6) is 0 Å². The van der Waals surface area contributed by atoms with Gasteiger partial charge in [-0.15, -0.1) is 0 Å². The highest BCUT2D eigenvalue weighted by molar-refractivity contribution is 6.25. The Hall–Kier alpha value is -7.51. The molecule has 0 bridgehead atoms. The minimum absolute atomic E-state index is 0.619. The molecule has 0 aliphatic carbocycles. The summed E-state index contributed by atoms with van der Waals surface area (Å²) in [5.74, 6) is 1.89. The molecule has 7 nitrogen and oxygen atoms in total. The first-order valence-corrected chi connectivity index (χ1v) is 18.0. The van der Waals surface area contributed by atoms with Crippen LogP contribution in [0.3, 0.4) is 0 Å². The number of rotatable bonds is 4. The summed E-state index contributed by atoms with van der Waals surface area (Å²) in [6.07, 6.45) is 0. The molecule has 0 N–H and O–H groups in total. The molecule has 0 aliphatic rings. The van der Waals surface area contributed by atoms with Gasteiger partial charge in [0.25, 0.3) is 0 Å². The highest BCUT2D eigenvalue weighted by Crippen LogP contribution is 2.42. The van der Waals surface area contributed by atoms with E-state index < -0.39 is 0 Å². The molecule has 7 aromatic carbocycles. The van der Waals surface area contributed by atoms with Crippen molar-refractivity contribution < 1.29 is 0 Å². The number of para-hydroxylation sites is 4. The van der Waals surface area contributed by atoms with Crippen LogP contribution in [-0.4, -0.2) is 33.9 Å². The molecule has 250 valence electrons. The molecule has 0 spiro atoms. The summed E-state index contributed by atoms with van der Waals surface area (Å²) in [6, 6.07) is 56.7. The third-order valence-corrected chi connectivity index (χ3v) is 10.7. The Kier molecular flexibility index (Phi) is 5.93. The van der Waals surface area contributed by atoms with Crippen LogP contribution in [0.1, 0.15) is 0 Å². The lowest BCUT2D eigenvalue weighted by atomic mass is 10.1. The fourth-order valence-corrected chi connectivity index (χ4v) is 8.27. The maximum absolute atomic E-state index is 5.20. The molecule has 0 amide bonds. The number of aromatic nitrogens is 7. The van der Waals surface area contributed by atoms with E-state index in [1.165, 1.54) is 21.5 Å². The molecule has 7 heteroatoms. The van der Waals surface area contributed by atoms with E-state index in [-0.39, 0.29) is 0 Å². The highest BCUT2D eigenvalue weighted by atomic mass is 15.0. The van der Waals surface area contributed by atoms with Crippen molar-refractivity contribution in [3.63, 3.8) is 0 Å². The van der Waals surface area contributed by atoms with E-state index in [4.69, 9.17) is 24.9 Å². The van der Waals surface area contributed by atoms with E-state index in [1.807, 2.05) is 84.9 Å². The smallest absolute Gasteiger partial charge is 0.165 e. The minimum atomic E-state index is 0.619. The number of hydrogen-bond donors (Lipinski definition) is 0. The summed E-state index contributed by atoms with van der Waals surface area (Å²) in [7, 11) is 0. The summed E-state index contributed by atoms with van der Waals surface area (Å²) in [6.45, 7) is 0. The molecule has 0 atom stereocenters. The normalized spacial score (nSPS) is 12.1. The predicted molar refractivity (Wildman–Crippen MR) is 218 cm³/mol. The molecule has 5 aromatic heterocycles. The number of benzene rings is 7. The molecule has 12 rings (SSSR count). The maximum Gasteiger partial charge on any atom is 0.165 e. The van der Waals surface area contributed by atoms with E-state index in [9.17, 15) is 0 Å². The zero-order chi connectivity index (χ0) is 35.3. The van der Waals surface area contributed by atoms with Crippen LogP contribution in [0.15, 0.2) is 164 Å². The molecule has 5 heterocycles. The van der Waals surface area contributed by atoms with Crippen LogP contribution >= 0.6 is 0 Å². The number of nitrogens with zero attached hydrogens (tertiary/aromatic N) is 7. The summed E-state index contributed by atoms with van der Waals surface area (Å²) in [4.78, 5) is 25.3. The van der Waals surface area contributed by atoms with Crippen molar-refractivity contribution >= 4 is 71.2 Å². The Morgan fingerprint density at radius 1 is 0.352 bits per heavy atom. The third-order valence-electron chi connectivity index (χ3n) is 10.7. The van der Waals surface area contributed by atoms with Gasteiger partial charge in [-0.25, -0.2) is 24.9 Å². The van der Waals surface area contributed by atoms with Crippen LogP contribution in [0.25, 0.3) is 111 Å². The van der Waals surface area contributed by atoms with Gasteiger partial charge in [-0.3, -0.25) is 4.40 Å². The van der Waals surface area contributed by atoms with E-state index in [2.05, 4.69) is 87.8 Å². The quantitative estimate of drug-likeness (QED) is 0.184. The Morgan fingerprint density at radius 3 is 1.69 bits per heavy atom. The first kappa shape index (κ1) is 29.1. The highest BCUT2D eigenvalue weighted by Gasteiger charge is 2.22. The van der Waals surface area contributed by atoms with Gasteiger partial charge in [-0.1, -0.05) is 121 Å². The molecule has 0 radical (unpaired) electrons. The monoisotopic (exact) mass is 689 g/mol. The van der Waals surface area contributed by atoms with Crippen LogP contribution in [-0.2, 0) is 0 Å². The van der Waals surface area contributed by atoms with Gasteiger partial charge in [-0.05, 0) is 42.5 Å². The summed E-state index contributed by atoms with van der Waals surface area (Å²) in [5, 5.41) is 5.90. The largest absolute Gasteiger partial charge is 0.309 e. The standard InChI is InChI=1S/C47H27N7/c1-3-13-28(14-4-1)44-50-45(29-15-5-2-6-16-29)52-46(51-44)30-17-11-18-31(25-30)53-39-24-10-7-19-32(39)35-26-36-33-20-12-21-34-42-47(49-38-23-9-8-22-37(38)48-42)54(43(33)34)41(36)27-40(35)53/h1-27H. The molecule has 12 aromatic rings. The topological polar surface area (TPSA) is 73.8 Å². The molecule has 0 saturated heterocycles. The van der Waals surface area contributed by atoms with Gasteiger partial charge < -0.3 is 4.57 Å². The second-order valence-electron chi connectivity index (χ2n) is 13.7. The molecular weight excluding hydrogens is 663 g/mol. The average Bonchev–Trinajstić information content (AvgIpc) is 3.87. The van der Waals surface area contributed by atoms with E-state index in [1.54, 1.807) is 0 Å². The van der Waals surface area contributed by atoms with Crippen LogP contribution < -0.4 is 0 Å². The summed E-state index contributed by atoms with van der Waals surface area (Å²) < 4.78 is 4.67. The Bertz CT molecular complexity index is 3380. The Labute approximate surface area is 307 Å². The molecule has 0 fully saturated rings. The van der Waals surface area contributed by atoms with Crippen molar-refractivity contribution in [1.29, 1.82) is 0 Å².